The number of rotatable bonds is 4. The van der Waals surface area contributed by atoms with E-state index in [-0.39, 0.29) is 11.9 Å². The molecule has 5 nitrogen and oxygen atoms in total. The molecule has 5 heteroatoms. The first-order chi connectivity index (χ1) is 13.6. The summed E-state index contributed by atoms with van der Waals surface area (Å²) in [4.78, 5) is 12.0. The van der Waals surface area contributed by atoms with Gasteiger partial charge in [-0.25, -0.2) is 0 Å². The van der Waals surface area contributed by atoms with Crippen molar-refractivity contribution in [2.45, 2.75) is 25.6 Å². The number of fused-ring (bicyclic) bond motifs is 1. The van der Waals surface area contributed by atoms with E-state index in [1.54, 1.807) is 0 Å². The molecule has 3 aromatic carbocycles. The van der Waals surface area contributed by atoms with Gasteiger partial charge in [0.05, 0.1) is 11.4 Å². The number of nitrogens with one attached hydrogen (secondary N) is 3. The molecule has 1 aliphatic rings. The van der Waals surface area contributed by atoms with Crippen LogP contribution in [-0.4, -0.2) is 17.1 Å². The number of carbonyl (C=O) groups is 1. The standard InChI is InChI=1S/C23H23N3O2/c1-15-13-21(27)26-20-12-6-11-19(22(20)24-15)23(28)25-18-10-5-9-17(14-18)16-7-3-2-4-8-16/h2-12,14-15,23-25,28H,13H2,1H3,(H,26,27). The van der Waals surface area contributed by atoms with E-state index in [1.165, 1.54) is 0 Å². The van der Waals surface area contributed by atoms with Crippen LogP contribution in [0.15, 0.2) is 72.8 Å². The fourth-order valence-electron chi connectivity index (χ4n) is 3.49. The summed E-state index contributed by atoms with van der Waals surface area (Å²) in [6, 6.07) is 23.6. The number of aliphatic hydroxyl groups excluding tert-OH is 1. The zero-order valence-corrected chi connectivity index (χ0v) is 15.6. The molecule has 0 saturated heterocycles. The highest BCUT2D eigenvalue weighted by atomic mass is 16.3. The first kappa shape index (κ1) is 18.1. The molecule has 2 unspecified atom stereocenters. The zero-order chi connectivity index (χ0) is 19.5. The van der Waals surface area contributed by atoms with Crippen LogP contribution in [0.3, 0.4) is 0 Å². The van der Waals surface area contributed by atoms with Crippen LogP contribution in [0, 0.1) is 0 Å². The quantitative estimate of drug-likeness (QED) is 0.504. The molecular formula is C23H23N3O2. The number of hydrogen-bond donors (Lipinski definition) is 4. The van der Waals surface area contributed by atoms with E-state index in [9.17, 15) is 9.90 Å². The van der Waals surface area contributed by atoms with Gasteiger partial charge in [-0.05, 0) is 36.2 Å². The monoisotopic (exact) mass is 373 g/mol. The third-order valence-electron chi connectivity index (χ3n) is 4.82. The number of anilines is 3. The van der Waals surface area contributed by atoms with E-state index in [0.717, 1.165) is 22.5 Å². The van der Waals surface area contributed by atoms with Crippen molar-refractivity contribution in [3.63, 3.8) is 0 Å². The predicted molar refractivity (Wildman–Crippen MR) is 113 cm³/mol. The van der Waals surface area contributed by atoms with Gasteiger partial charge >= 0.3 is 0 Å². The van der Waals surface area contributed by atoms with Crippen molar-refractivity contribution in [2.75, 3.05) is 16.0 Å². The van der Waals surface area contributed by atoms with Crippen LogP contribution in [0.5, 0.6) is 0 Å². The third kappa shape index (κ3) is 3.85. The Hall–Kier alpha value is -3.31. The van der Waals surface area contributed by atoms with E-state index < -0.39 is 6.23 Å². The average Bonchev–Trinajstić information content (AvgIpc) is 2.84. The molecule has 0 radical (unpaired) electrons. The van der Waals surface area contributed by atoms with Crippen molar-refractivity contribution in [3.05, 3.63) is 78.4 Å². The Kier molecular flexibility index (Phi) is 5.00. The molecule has 1 amide bonds. The average molecular weight is 373 g/mol. The summed E-state index contributed by atoms with van der Waals surface area (Å²) in [7, 11) is 0. The summed E-state index contributed by atoms with van der Waals surface area (Å²) < 4.78 is 0. The first-order valence-electron chi connectivity index (χ1n) is 9.39. The maximum Gasteiger partial charge on any atom is 0.226 e. The summed E-state index contributed by atoms with van der Waals surface area (Å²) in [6.07, 6.45) is -0.535. The number of para-hydroxylation sites is 1. The smallest absolute Gasteiger partial charge is 0.226 e. The Balaban J connectivity index is 1.61. The fourth-order valence-corrected chi connectivity index (χ4v) is 3.49. The molecule has 0 aliphatic carbocycles. The van der Waals surface area contributed by atoms with Gasteiger partial charge in [0.2, 0.25) is 5.91 Å². The lowest BCUT2D eigenvalue weighted by Crippen LogP contribution is -2.20. The Bertz CT molecular complexity index is 988. The van der Waals surface area contributed by atoms with E-state index in [1.807, 2.05) is 67.6 Å². The van der Waals surface area contributed by atoms with Gasteiger partial charge in [-0.3, -0.25) is 4.79 Å². The first-order valence-corrected chi connectivity index (χ1v) is 9.39. The predicted octanol–water partition coefficient (Wildman–Crippen LogP) is 4.60. The number of carbonyl (C=O) groups excluding carboxylic acids is 1. The van der Waals surface area contributed by atoms with Gasteiger partial charge in [-0.1, -0.05) is 54.6 Å². The zero-order valence-electron chi connectivity index (χ0n) is 15.6. The molecule has 4 rings (SSSR count). The Morgan fingerprint density at radius 3 is 2.57 bits per heavy atom. The molecule has 4 N–H and O–H groups in total. The van der Waals surface area contributed by atoms with Crippen LogP contribution < -0.4 is 16.0 Å². The second kappa shape index (κ2) is 7.74. The molecule has 28 heavy (non-hydrogen) atoms. The lowest BCUT2D eigenvalue weighted by Gasteiger charge is -2.21. The lowest BCUT2D eigenvalue weighted by molar-refractivity contribution is -0.116. The number of amides is 1. The highest BCUT2D eigenvalue weighted by Gasteiger charge is 2.22. The van der Waals surface area contributed by atoms with Crippen LogP contribution in [0.25, 0.3) is 11.1 Å². The number of benzene rings is 3. The highest BCUT2D eigenvalue weighted by molar-refractivity contribution is 5.97. The van der Waals surface area contributed by atoms with Gasteiger partial charge in [0.15, 0.2) is 6.23 Å². The molecule has 0 saturated carbocycles. The summed E-state index contributed by atoms with van der Waals surface area (Å²) >= 11 is 0. The van der Waals surface area contributed by atoms with Gasteiger partial charge in [0, 0.05) is 23.7 Å². The maximum atomic E-state index is 12.0. The van der Waals surface area contributed by atoms with Crippen LogP contribution >= 0.6 is 0 Å². The Morgan fingerprint density at radius 2 is 1.75 bits per heavy atom. The Morgan fingerprint density at radius 1 is 1.00 bits per heavy atom. The summed E-state index contributed by atoms with van der Waals surface area (Å²) in [5, 5.41) is 20.3. The molecule has 3 aromatic rings. The van der Waals surface area contributed by atoms with E-state index in [4.69, 9.17) is 0 Å². The molecular weight excluding hydrogens is 350 g/mol. The molecule has 1 heterocycles. The maximum absolute atomic E-state index is 12.0. The van der Waals surface area contributed by atoms with Crippen molar-refractivity contribution in [3.8, 4) is 11.1 Å². The molecule has 0 fully saturated rings. The number of aliphatic hydroxyl groups is 1. The molecule has 0 aromatic heterocycles. The van der Waals surface area contributed by atoms with Gasteiger partial charge < -0.3 is 21.1 Å². The van der Waals surface area contributed by atoms with Gasteiger partial charge in [0.25, 0.3) is 0 Å². The topological polar surface area (TPSA) is 73.4 Å². The normalized spacial score (nSPS) is 16.9. The van der Waals surface area contributed by atoms with E-state index in [2.05, 4.69) is 28.1 Å². The summed E-state index contributed by atoms with van der Waals surface area (Å²) in [6.45, 7) is 1.95. The van der Waals surface area contributed by atoms with Crippen molar-refractivity contribution in [1.29, 1.82) is 0 Å². The van der Waals surface area contributed by atoms with Crippen molar-refractivity contribution >= 4 is 23.0 Å². The van der Waals surface area contributed by atoms with Crippen LogP contribution in [0.1, 0.15) is 25.1 Å². The molecule has 2 atom stereocenters. The minimum atomic E-state index is -0.921. The minimum absolute atomic E-state index is 0.0176. The van der Waals surface area contributed by atoms with E-state index >= 15 is 0 Å². The molecule has 0 bridgehead atoms. The summed E-state index contributed by atoms with van der Waals surface area (Å²) in [5.74, 6) is -0.0334. The summed E-state index contributed by atoms with van der Waals surface area (Å²) in [5.41, 5.74) is 5.13. The molecule has 0 spiro atoms. The molecule has 1 aliphatic heterocycles. The lowest BCUT2D eigenvalue weighted by atomic mass is 10.0. The highest BCUT2D eigenvalue weighted by Crippen LogP contribution is 2.34. The van der Waals surface area contributed by atoms with Crippen molar-refractivity contribution in [1.82, 2.24) is 0 Å². The van der Waals surface area contributed by atoms with Gasteiger partial charge in [-0.2, -0.15) is 0 Å². The SMILES string of the molecule is CC1CC(=O)Nc2cccc(C(O)Nc3cccc(-c4ccccc4)c3)c2N1. The van der Waals surface area contributed by atoms with Crippen LogP contribution in [0.4, 0.5) is 17.1 Å². The Labute approximate surface area is 164 Å². The minimum Gasteiger partial charge on any atom is -0.380 e. The van der Waals surface area contributed by atoms with Crippen molar-refractivity contribution in [2.24, 2.45) is 0 Å². The fraction of sp³-hybridized carbons (Fsp3) is 0.174. The van der Waals surface area contributed by atoms with Gasteiger partial charge in [-0.15, -0.1) is 0 Å². The van der Waals surface area contributed by atoms with Gasteiger partial charge in [0.1, 0.15) is 0 Å². The third-order valence-corrected chi connectivity index (χ3v) is 4.82. The van der Waals surface area contributed by atoms with Crippen LogP contribution in [0.2, 0.25) is 0 Å². The second-order valence-corrected chi connectivity index (χ2v) is 7.06. The second-order valence-electron chi connectivity index (χ2n) is 7.06. The number of hydrogen-bond acceptors (Lipinski definition) is 4. The molecule has 142 valence electrons. The largest absolute Gasteiger partial charge is 0.380 e. The van der Waals surface area contributed by atoms with Crippen LogP contribution in [-0.2, 0) is 4.79 Å². The van der Waals surface area contributed by atoms with Crippen molar-refractivity contribution < 1.29 is 9.90 Å². The van der Waals surface area contributed by atoms with E-state index in [0.29, 0.717) is 17.7 Å².